The molecule has 90 valence electrons. The number of esters is 1. The molecule has 1 aromatic carbocycles. The summed E-state index contributed by atoms with van der Waals surface area (Å²) in [5, 5.41) is 8.64. The SMILES string of the molecule is CCOC(=O)CCc1cc(CC#N)ccc1C. The van der Waals surface area contributed by atoms with Crippen molar-refractivity contribution in [3.63, 3.8) is 0 Å². The molecule has 1 aromatic rings. The van der Waals surface area contributed by atoms with E-state index >= 15 is 0 Å². The van der Waals surface area contributed by atoms with Crippen molar-refractivity contribution >= 4 is 5.97 Å². The second kappa shape index (κ2) is 6.70. The number of carbonyl (C=O) groups excluding carboxylic acids is 1. The maximum Gasteiger partial charge on any atom is 0.306 e. The fraction of sp³-hybridized carbons (Fsp3) is 0.429. The lowest BCUT2D eigenvalue weighted by Crippen LogP contribution is -2.06. The topological polar surface area (TPSA) is 50.1 Å². The lowest BCUT2D eigenvalue weighted by atomic mass is 10.00. The van der Waals surface area contributed by atoms with Crippen LogP contribution >= 0.6 is 0 Å². The van der Waals surface area contributed by atoms with Crippen molar-refractivity contribution in [2.24, 2.45) is 0 Å². The summed E-state index contributed by atoms with van der Waals surface area (Å²) in [5.41, 5.74) is 3.26. The Morgan fingerprint density at radius 1 is 1.47 bits per heavy atom. The van der Waals surface area contributed by atoms with Gasteiger partial charge in [0, 0.05) is 6.42 Å². The van der Waals surface area contributed by atoms with Crippen LogP contribution < -0.4 is 0 Å². The van der Waals surface area contributed by atoms with Gasteiger partial charge in [0.05, 0.1) is 19.1 Å². The first kappa shape index (κ1) is 13.2. The number of aryl methyl sites for hydroxylation is 2. The van der Waals surface area contributed by atoms with Crippen LogP contribution in [-0.4, -0.2) is 12.6 Å². The largest absolute Gasteiger partial charge is 0.466 e. The molecule has 0 heterocycles. The summed E-state index contributed by atoms with van der Waals surface area (Å²) in [6.45, 7) is 4.24. The first-order valence-electron chi connectivity index (χ1n) is 5.78. The van der Waals surface area contributed by atoms with Crippen LogP contribution in [0, 0.1) is 18.3 Å². The van der Waals surface area contributed by atoms with Crippen LogP contribution in [0.1, 0.15) is 30.0 Å². The number of benzene rings is 1. The molecule has 0 amide bonds. The molecule has 0 fully saturated rings. The molecule has 0 aliphatic heterocycles. The highest BCUT2D eigenvalue weighted by Crippen LogP contribution is 2.14. The van der Waals surface area contributed by atoms with Crippen LogP contribution in [0.2, 0.25) is 0 Å². The van der Waals surface area contributed by atoms with E-state index in [-0.39, 0.29) is 5.97 Å². The molecule has 0 radical (unpaired) electrons. The lowest BCUT2D eigenvalue weighted by Gasteiger charge is -2.07. The molecule has 0 atom stereocenters. The summed E-state index contributed by atoms with van der Waals surface area (Å²) in [4.78, 5) is 11.3. The fourth-order valence-electron chi connectivity index (χ4n) is 1.67. The number of ether oxygens (including phenoxy) is 1. The summed E-state index contributed by atoms with van der Waals surface area (Å²) in [6.07, 6.45) is 1.47. The average Bonchev–Trinajstić information content (AvgIpc) is 2.30. The Morgan fingerprint density at radius 2 is 2.24 bits per heavy atom. The molecule has 1 rings (SSSR count). The van der Waals surface area contributed by atoms with E-state index in [1.807, 2.05) is 25.1 Å². The Balaban J connectivity index is 2.66. The van der Waals surface area contributed by atoms with Crippen molar-refractivity contribution in [2.75, 3.05) is 6.61 Å². The number of nitriles is 1. The number of hydrogen-bond donors (Lipinski definition) is 0. The summed E-state index contributed by atoms with van der Waals surface area (Å²) in [6, 6.07) is 8.07. The van der Waals surface area contributed by atoms with Gasteiger partial charge in [-0.05, 0) is 37.0 Å². The predicted molar refractivity (Wildman–Crippen MR) is 65.5 cm³/mol. The van der Waals surface area contributed by atoms with E-state index in [0.717, 1.165) is 16.7 Å². The minimum Gasteiger partial charge on any atom is -0.466 e. The monoisotopic (exact) mass is 231 g/mol. The molecule has 0 unspecified atom stereocenters. The van der Waals surface area contributed by atoms with Crippen molar-refractivity contribution in [2.45, 2.75) is 33.1 Å². The molecule has 0 bridgehead atoms. The fourth-order valence-corrected chi connectivity index (χ4v) is 1.67. The minimum atomic E-state index is -0.169. The van der Waals surface area contributed by atoms with E-state index in [1.54, 1.807) is 6.92 Å². The van der Waals surface area contributed by atoms with Crippen LogP contribution in [0.3, 0.4) is 0 Å². The number of rotatable bonds is 5. The Bertz CT molecular complexity index is 432. The highest BCUT2D eigenvalue weighted by Gasteiger charge is 2.05. The molecule has 0 N–H and O–H groups in total. The molecular weight excluding hydrogens is 214 g/mol. The highest BCUT2D eigenvalue weighted by molar-refractivity contribution is 5.69. The second-order valence-electron chi connectivity index (χ2n) is 3.90. The van der Waals surface area contributed by atoms with Gasteiger partial charge in [0.15, 0.2) is 0 Å². The molecule has 0 saturated heterocycles. The summed E-state index contributed by atoms with van der Waals surface area (Å²) in [7, 11) is 0. The van der Waals surface area contributed by atoms with Crippen LogP contribution in [0.4, 0.5) is 0 Å². The summed E-state index contributed by atoms with van der Waals surface area (Å²) >= 11 is 0. The zero-order valence-corrected chi connectivity index (χ0v) is 10.3. The van der Waals surface area contributed by atoms with Crippen molar-refractivity contribution in [3.8, 4) is 6.07 Å². The first-order valence-corrected chi connectivity index (χ1v) is 5.78. The maximum atomic E-state index is 11.3. The van der Waals surface area contributed by atoms with Crippen molar-refractivity contribution < 1.29 is 9.53 Å². The highest BCUT2D eigenvalue weighted by atomic mass is 16.5. The molecule has 0 aliphatic rings. The van der Waals surface area contributed by atoms with Gasteiger partial charge in [-0.15, -0.1) is 0 Å². The number of hydrogen-bond acceptors (Lipinski definition) is 3. The maximum absolute atomic E-state index is 11.3. The van der Waals surface area contributed by atoms with Gasteiger partial charge < -0.3 is 4.74 Å². The van der Waals surface area contributed by atoms with E-state index in [4.69, 9.17) is 10.00 Å². The zero-order valence-electron chi connectivity index (χ0n) is 10.3. The van der Waals surface area contributed by atoms with Crippen LogP contribution in [0.25, 0.3) is 0 Å². The molecule has 3 nitrogen and oxygen atoms in total. The average molecular weight is 231 g/mol. The number of nitrogens with zero attached hydrogens (tertiary/aromatic N) is 1. The summed E-state index contributed by atoms with van der Waals surface area (Å²) < 4.78 is 4.89. The smallest absolute Gasteiger partial charge is 0.306 e. The van der Waals surface area contributed by atoms with E-state index in [1.165, 1.54) is 0 Å². The third-order valence-electron chi connectivity index (χ3n) is 2.60. The Kier molecular flexibility index (Phi) is 5.22. The Labute approximate surface area is 102 Å². The molecule has 0 aliphatic carbocycles. The van der Waals surface area contributed by atoms with Gasteiger partial charge in [0.25, 0.3) is 0 Å². The molecule has 0 saturated carbocycles. The Hall–Kier alpha value is -1.82. The second-order valence-corrected chi connectivity index (χ2v) is 3.90. The molecule has 17 heavy (non-hydrogen) atoms. The molecule has 0 aromatic heterocycles. The summed E-state index contributed by atoms with van der Waals surface area (Å²) in [5.74, 6) is -0.169. The third kappa shape index (κ3) is 4.28. The van der Waals surface area contributed by atoms with Crippen molar-refractivity contribution in [1.29, 1.82) is 5.26 Å². The minimum absolute atomic E-state index is 0.169. The first-order chi connectivity index (χ1) is 8.17. The Morgan fingerprint density at radius 3 is 2.88 bits per heavy atom. The third-order valence-corrected chi connectivity index (χ3v) is 2.60. The van der Waals surface area contributed by atoms with Crippen LogP contribution in [0.15, 0.2) is 18.2 Å². The lowest BCUT2D eigenvalue weighted by molar-refractivity contribution is -0.143. The van der Waals surface area contributed by atoms with Crippen LogP contribution in [-0.2, 0) is 22.4 Å². The van der Waals surface area contributed by atoms with E-state index in [0.29, 0.717) is 25.9 Å². The molecule has 3 heteroatoms. The van der Waals surface area contributed by atoms with E-state index < -0.39 is 0 Å². The van der Waals surface area contributed by atoms with Gasteiger partial charge in [0.1, 0.15) is 0 Å². The van der Waals surface area contributed by atoms with Gasteiger partial charge in [0.2, 0.25) is 0 Å². The van der Waals surface area contributed by atoms with Gasteiger partial charge in [-0.2, -0.15) is 5.26 Å². The quantitative estimate of drug-likeness (QED) is 0.732. The van der Waals surface area contributed by atoms with Gasteiger partial charge >= 0.3 is 5.97 Å². The number of carbonyl (C=O) groups is 1. The van der Waals surface area contributed by atoms with E-state index in [2.05, 4.69) is 6.07 Å². The molecular formula is C14H17NO2. The zero-order chi connectivity index (χ0) is 12.7. The van der Waals surface area contributed by atoms with Gasteiger partial charge in [-0.1, -0.05) is 18.2 Å². The van der Waals surface area contributed by atoms with E-state index in [9.17, 15) is 4.79 Å². The normalized spacial score (nSPS) is 9.71. The van der Waals surface area contributed by atoms with Gasteiger partial charge in [-0.3, -0.25) is 4.79 Å². The molecule has 0 spiro atoms. The standard InChI is InChI=1S/C14H17NO2/c1-3-17-14(16)7-6-13-10-12(8-9-15)5-4-11(13)2/h4-5,10H,3,6-8H2,1-2H3. The van der Waals surface area contributed by atoms with Crippen LogP contribution in [0.5, 0.6) is 0 Å². The van der Waals surface area contributed by atoms with Crippen molar-refractivity contribution in [3.05, 3.63) is 34.9 Å². The predicted octanol–water partition coefficient (Wildman–Crippen LogP) is 2.56. The van der Waals surface area contributed by atoms with Crippen molar-refractivity contribution in [1.82, 2.24) is 0 Å². The van der Waals surface area contributed by atoms with Gasteiger partial charge in [-0.25, -0.2) is 0 Å².